The van der Waals surface area contributed by atoms with Crippen LogP contribution in [0, 0.1) is 6.92 Å². The van der Waals surface area contributed by atoms with Crippen LogP contribution in [0.5, 0.6) is 11.5 Å². The topological polar surface area (TPSA) is 72.8 Å². The lowest BCUT2D eigenvalue weighted by molar-refractivity contribution is 0.233. The van der Waals surface area contributed by atoms with Crippen molar-refractivity contribution in [3.8, 4) is 22.6 Å². The smallest absolute Gasteiger partial charge is 0.294 e. The Morgan fingerprint density at radius 1 is 1.13 bits per heavy atom. The van der Waals surface area contributed by atoms with Gasteiger partial charge in [0, 0.05) is 34.6 Å². The van der Waals surface area contributed by atoms with E-state index < -0.39 is 10.1 Å². The molecule has 0 amide bonds. The Hall–Kier alpha value is -2.54. The second kappa shape index (κ2) is 7.95. The van der Waals surface area contributed by atoms with E-state index in [9.17, 15) is 13.0 Å². The van der Waals surface area contributed by atoms with Gasteiger partial charge in [-0.2, -0.15) is 8.42 Å². The number of fused-ring (bicyclic) bond motifs is 1. The molecule has 0 spiro atoms. The van der Waals surface area contributed by atoms with Crippen LogP contribution in [0.2, 0.25) is 5.02 Å². The molecular weight excluding hydrogens is 424 g/mol. The predicted molar refractivity (Wildman–Crippen MR) is 116 cm³/mol. The fraction of sp³-hybridized carbons (Fsp3) is 0.217. The molecule has 1 N–H and O–H groups in total. The number of benzene rings is 3. The summed E-state index contributed by atoms with van der Waals surface area (Å²) in [6, 6.07) is 16.2. The molecule has 0 bridgehead atoms. The standard InChI is InChI=1S/C23H21ClO5S/c1-14-7-8-22(30(25,26)27)15(9-14)10-18-12-16-11-17(28-2)13-20(23(16)29-18)19-5-3-4-6-21(19)24/h3-9,11,13,18H,10,12H2,1-2H3,(H,25,26,27). The van der Waals surface area contributed by atoms with Crippen molar-refractivity contribution in [2.45, 2.75) is 30.8 Å². The van der Waals surface area contributed by atoms with Gasteiger partial charge in [-0.1, -0.05) is 47.5 Å². The highest BCUT2D eigenvalue weighted by atomic mass is 35.5. The van der Waals surface area contributed by atoms with Gasteiger partial charge in [-0.3, -0.25) is 4.55 Å². The largest absolute Gasteiger partial charge is 0.497 e. The Morgan fingerprint density at radius 2 is 1.90 bits per heavy atom. The summed E-state index contributed by atoms with van der Waals surface area (Å²) < 4.78 is 44.9. The molecule has 4 rings (SSSR count). The van der Waals surface area contributed by atoms with Crippen molar-refractivity contribution in [1.29, 1.82) is 0 Å². The number of methoxy groups -OCH3 is 1. The van der Waals surface area contributed by atoms with E-state index in [-0.39, 0.29) is 11.0 Å². The van der Waals surface area contributed by atoms with E-state index >= 15 is 0 Å². The Labute approximate surface area is 181 Å². The minimum absolute atomic E-state index is 0.0865. The third-order valence-corrected chi connectivity index (χ3v) is 6.50. The molecule has 7 heteroatoms. The van der Waals surface area contributed by atoms with Gasteiger partial charge in [-0.05, 0) is 36.8 Å². The lowest BCUT2D eigenvalue weighted by atomic mass is 9.98. The fourth-order valence-corrected chi connectivity index (χ4v) is 4.83. The summed E-state index contributed by atoms with van der Waals surface area (Å²) >= 11 is 6.42. The van der Waals surface area contributed by atoms with Crippen molar-refractivity contribution in [2.75, 3.05) is 7.11 Å². The lowest BCUT2D eigenvalue weighted by Crippen LogP contribution is -2.18. The number of halogens is 1. The number of rotatable bonds is 5. The van der Waals surface area contributed by atoms with Crippen molar-refractivity contribution in [3.63, 3.8) is 0 Å². The molecule has 0 saturated heterocycles. The van der Waals surface area contributed by atoms with E-state index in [0.29, 0.717) is 29.2 Å². The zero-order chi connectivity index (χ0) is 21.5. The molecule has 5 nitrogen and oxygen atoms in total. The van der Waals surface area contributed by atoms with Crippen LogP contribution in [0.4, 0.5) is 0 Å². The summed E-state index contributed by atoms with van der Waals surface area (Å²) in [7, 11) is -2.71. The molecule has 3 aromatic rings. The third-order valence-electron chi connectivity index (χ3n) is 5.21. The molecule has 3 aromatic carbocycles. The highest BCUT2D eigenvalue weighted by Crippen LogP contribution is 2.44. The molecule has 30 heavy (non-hydrogen) atoms. The molecule has 1 heterocycles. The molecule has 1 aliphatic rings. The van der Waals surface area contributed by atoms with Crippen molar-refractivity contribution in [3.05, 3.63) is 76.3 Å². The molecular formula is C23H21ClO5S. The van der Waals surface area contributed by atoms with Crippen molar-refractivity contribution >= 4 is 21.7 Å². The van der Waals surface area contributed by atoms with E-state index in [4.69, 9.17) is 21.1 Å². The van der Waals surface area contributed by atoms with Crippen LogP contribution >= 0.6 is 11.6 Å². The maximum Gasteiger partial charge on any atom is 0.294 e. The molecule has 1 unspecified atom stereocenters. The van der Waals surface area contributed by atoms with Crippen LogP contribution in [-0.4, -0.2) is 26.2 Å². The van der Waals surface area contributed by atoms with E-state index in [1.54, 1.807) is 19.2 Å². The quantitative estimate of drug-likeness (QED) is 0.553. The molecule has 156 valence electrons. The van der Waals surface area contributed by atoms with Gasteiger partial charge in [0.1, 0.15) is 17.6 Å². The summed E-state index contributed by atoms with van der Waals surface area (Å²) in [6.45, 7) is 1.88. The predicted octanol–water partition coefficient (Wildman–Crippen LogP) is 5.12. The summed E-state index contributed by atoms with van der Waals surface area (Å²) in [5.41, 5.74) is 4.07. The molecule has 0 aliphatic carbocycles. The Bertz CT molecular complexity index is 1220. The molecule has 0 radical (unpaired) electrons. The van der Waals surface area contributed by atoms with Gasteiger partial charge in [0.2, 0.25) is 0 Å². The Balaban J connectivity index is 1.72. The lowest BCUT2D eigenvalue weighted by Gasteiger charge is -2.16. The van der Waals surface area contributed by atoms with Crippen LogP contribution in [0.25, 0.3) is 11.1 Å². The highest BCUT2D eigenvalue weighted by Gasteiger charge is 2.29. The molecule has 0 saturated carbocycles. The summed E-state index contributed by atoms with van der Waals surface area (Å²) in [5.74, 6) is 1.41. The van der Waals surface area contributed by atoms with E-state index in [1.165, 1.54) is 6.07 Å². The second-order valence-electron chi connectivity index (χ2n) is 7.38. The molecule has 0 aromatic heterocycles. The van der Waals surface area contributed by atoms with Gasteiger partial charge in [0.05, 0.1) is 12.0 Å². The normalized spacial score (nSPS) is 15.5. The van der Waals surface area contributed by atoms with E-state index in [0.717, 1.165) is 28.0 Å². The SMILES string of the molecule is COc1cc2c(c(-c3ccccc3Cl)c1)OC(Cc1cc(C)ccc1S(=O)(=O)O)C2. The zero-order valence-corrected chi connectivity index (χ0v) is 18.1. The van der Waals surface area contributed by atoms with Crippen molar-refractivity contribution in [2.24, 2.45) is 0 Å². The van der Waals surface area contributed by atoms with Gasteiger partial charge in [-0.15, -0.1) is 0 Å². The maximum atomic E-state index is 11.8. The van der Waals surface area contributed by atoms with Gasteiger partial charge in [0.25, 0.3) is 10.1 Å². The molecule has 1 aliphatic heterocycles. The average Bonchev–Trinajstić information content (AvgIpc) is 3.09. The minimum atomic E-state index is -4.32. The number of aryl methyl sites for hydroxylation is 1. The highest BCUT2D eigenvalue weighted by molar-refractivity contribution is 7.85. The van der Waals surface area contributed by atoms with E-state index in [1.807, 2.05) is 43.3 Å². The first-order chi connectivity index (χ1) is 14.3. The second-order valence-corrected chi connectivity index (χ2v) is 9.17. The maximum absolute atomic E-state index is 11.8. The van der Waals surface area contributed by atoms with Gasteiger partial charge < -0.3 is 9.47 Å². The van der Waals surface area contributed by atoms with Crippen LogP contribution in [-0.2, 0) is 23.0 Å². The average molecular weight is 445 g/mol. The van der Waals surface area contributed by atoms with Crippen LogP contribution in [0.1, 0.15) is 16.7 Å². The molecule has 1 atom stereocenters. The van der Waals surface area contributed by atoms with Crippen LogP contribution in [0.15, 0.2) is 59.5 Å². The number of ether oxygens (including phenoxy) is 2. The van der Waals surface area contributed by atoms with Gasteiger partial charge >= 0.3 is 0 Å². The van der Waals surface area contributed by atoms with Crippen LogP contribution in [0.3, 0.4) is 0 Å². The summed E-state index contributed by atoms with van der Waals surface area (Å²) in [4.78, 5) is -0.0865. The Morgan fingerprint density at radius 3 is 2.60 bits per heavy atom. The first kappa shape index (κ1) is 20.7. The molecule has 0 fully saturated rings. The van der Waals surface area contributed by atoms with Gasteiger partial charge in [-0.25, -0.2) is 0 Å². The third kappa shape index (κ3) is 4.03. The first-order valence-electron chi connectivity index (χ1n) is 9.45. The number of hydrogen-bond donors (Lipinski definition) is 1. The summed E-state index contributed by atoms with van der Waals surface area (Å²) in [5, 5.41) is 0.604. The van der Waals surface area contributed by atoms with Gasteiger partial charge in [0.15, 0.2) is 0 Å². The van der Waals surface area contributed by atoms with Crippen molar-refractivity contribution < 1.29 is 22.4 Å². The monoisotopic (exact) mass is 444 g/mol. The Kier molecular flexibility index (Phi) is 5.49. The first-order valence-corrected chi connectivity index (χ1v) is 11.3. The van der Waals surface area contributed by atoms with Crippen molar-refractivity contribution in [1.82, 2.24) is 0 Å². The summed E-state index contributed by atoms with van der Waals surface area (Å²) in [6.07, 6.45) is 0.647. The fourth-order valence-electron chi connectivity index (χ4n) is 3.88. The van der Waals surface area contributed by atoms with E-state index in [2.05, 4.69) is 0 Å². The zero-order valence-electron chi connectivity index (χ0n) is 16.6. The van der Waals surface area contributed by atoms with Crippen LogP contribution < -0.4 is 9.47 Å². The minimum Gasteiger partial charge on any atom is -0.497 e. The number of hydrogen-bond acceptors (Lipinski definition) is 4.